The van der Waals surface area contributed by atoms with E-state index in [2.05, 4.69) is 11.2 Å². The Morgan fingerprint density at radius 3 is 2.44 bits per heavy atom. The fourth-order valence-electron chi connectivity index (χ4n) is 1.08. The monoisotopic (exact) mass is 226 g/mol. The molecule has 2 atom stereocenters. The number of aliphatic carboxylic acids is 1. The molecule has 0 spiro atoms. The van der Waals surface area contributed by atoms with Crippen molar-refractivity contribution < 1.29 is 14.7 Å². The Kier molecular flexibility index (Phi) is 6.01. The predicted molar refractivity (Wildman–Crippen MR) is 60.9 cm³/mol. The maximum absolute atomic E-state index is 11.6. The topological polar surface area (TPSA) is 69.6 Å². The number of rotatable bonds is 5. The van der Waals surface area contributed by atoms with Crippen molar-refractivity contribution >= 4 is 12.0 Å². The highest BCUT2D eigenvalue weighted by Gasteiger charge is 2.19. The highest BCUT2D eigenvalue weighted by molar-refractivity contribution is 5.76. The molecular weight excluding hydrogens is 208 g/mol. The number of amides is 2. The Morgan fingerprint density at radius 1 is 1.50 bits per heavy atom. The van der Waals surface area contributed by atoms with Gasteiger partial charge in [0.25, 0.3) is 0 Å². The molecule has 0 saturated heterocycles. The summed E-state index contributed by atoms with van der Waals surface area (Å²) in [5.74, 6) is 0.865. The van der Waals surface area contributed by atoms with Gasteiger partial charge in [0, 0.05) is 13.1 Å². The number of hydrogen-bond donors (Lipinski definition) is 2. The minimum atomic E-state index is -0.920. The zero-order valence-corrected chi connectivity index (χ0v) is 9.86. The third kappa shape index (κ3) is 4.69. The maximum Gasteiger partial charge on any atom is 0.318 e. The van der Waals surface area contributed by atoms with Gasteiger partial charge < -0.3 is 15.3 Å². The molecule has 0 aliphatic carbocycles. The molecule has 2 N–H and O–H groups in total. The van der Waals surface area contributed by atoms with E-state index in [-0.39, 0.29) is 18.6 Å². The van der Waals surface area contributed by atoms with E-state index in [1.165, 1.54) is 4.90 Å². The summed E-state index contributed by atoms with van der Waals surface area (Å²) in [6.07, 6.45) is 5.13. The van der Waals surface area contributed by atoms with Crippen molar-refractivity contribution in [2.75, 3.05) is 13.1 Å². The van der Waals surface area contributed by atoms with Crippen LogP contribution in [0.25, 0.3) is 0 Å². The predicted octanol–water partition coefficient (Wildman–Crippen LogP) is 0.760. The van der Waals surface area contributed by atoms with Gasteiger partial charge in [-0.05, 0) is 13.8 Å². The van der Waals surface area contributed by atoms with Crippen LogP contribution in [0.15, 0.2) is 0 Å². The molecule has 90 valence electrons. The van der Waals surface area contributed by atoms with E-state index in [1.807, 2.05) is 0 Å². The molecule has 2 amide bonds. The Bertz CT molecular complexity index is 296. The highest BCUT2D eigenvalue weighted by atomic mass is 16.4. The van der Waals surface area contributed by atoms with Crippen molar-refractivity contribution in [2.24, 2.45) is 5.92 Å². The second-order valence-corrected chi connectivity index (χ2v) is 3.62. The van der Waals surface area contributed by atoms with Crippen LogP contribution in [-0.4, -0.2) is 41.1 Å². The number of terminal acetylenes is 1. The molecule has 0 bridgehead atoms. The van der Waals surface area contributed by atoms with Crippen molar-refractivity contribution in [3.63, 3.8) is 0 Å². The molecule has 16 heavy (non-hydrogen) atoms. The van der Waals surface area contributed by atoms with Crippen LogP contribution in [-0.2, 0) is 4.79 Å². The molecule has 0 aromatic carbocycles. The van der Waals surface area contributed by atoms with Gasteiger partial charge in [0.2, 0.25) is 0 Å². The summed E-state index contributed by atoms with van der Waals surface area (Å²) in [4.78, 5) is 23.7. The minimum Gasteiger partial charge on any atom is -0.481 e. The molecule has 0 aromatic rings. The minimum absolute atomic E-state index is 0.176. The smallest absolute Gasteiger partial charge is 0.318 e. The number of nitrogens with one attached hydrogen (secondary N) is 1. The first-order valence-electron chi connectivity index (χ1n) is 5.16. The van der Waals surface area contributed by atoms with E-state index in [9.17, 15) is 9.59 Å². The van der Waals surface area contributed by atoms with Gasteiger partial charge in [-0.15, -0.1) is 6.42 Å². The lowest BCUT2D eigenvalue weighted by atomic mass is 10.2. The summed E-state index contributed by atoms with van der Waals surface area (Å²) in [5, 5.41) is 11.3. The molecule has 0 aliphatic heterocycles. The summed E-state index contributed by atoms with van der Waals surface area (Å²) < 4.78 is 0. The van der Waals surface area contributed by atoms with Gasteiger partial charge >= 0.3 is 12.0 Å². The molecule has 0 saturated carbocycles. The second-order valence-electron chi connectivity index (χ2n) is 3.62. The average Bonchev–Trinajstić information content (AvgIpc) is 2.24. The van der Waals surface area contributed by atoms with Crippen LogP contribution in [0.4, 0.5) is 4.79 Å². The SMILES string of the molecule is C#CC(C)NC(=O)N(CC)CC(C)C(=O)O. The standard InChI is InChI=1S/C11H18N2O3/c1-5-9(4)12-11(16)13(6-2)7-8(3)10(14)15/h1,8-9H,6-7H2,2-4H3,(H,12,16)(H,14,15). The van der Waals surface area contributed by atoms with E-state index in [1.54, 1.807) is 20.8 Å². The zero-order chi connectivity index (χ0) is 12.7. The zero-order valence-electron chi connectivity index (χ0n) is 9.86. The summed E-state index contributed by atoms with van der Waals surface area (Å²) in [7, 11) is 0. The van der Waals surface area contributed by atoms with Crippen LogP contribution in [0, 0.1) is 18.3 Å². The summed E-state index contributed by atoms with van der Waals surface area (Å²) in [5.41, 5.74) is 0. The fraction of sp³-hybridized carbons (Fsp3) is 0.636. The molecule has 0 aliphatic rings. The van der Waals surface area contributed by atoms with Crippen LogP contribution in [0.1, 0.15) is 20.8 Å². The number of carbonyl (C=O) groups excluding carboxylic acids is 1. The molecular formula is C11H18N2O3. The van der Waals surface area contributed by atoms with Crippen molar-refractivity contribution in [1.29, 1.82) is 0 Å². The van der Waals surface area contributed by atoms with Gasteiger partial charge in [-0.1, -0.05) is 12.8 Å². The molecule has 5 nitrogen and oxygen atoms in total. The molecule has 2 unspecified atom stereocenters. The molecule has 0 fully saturated rings. The van der Waals surface area contributed by atoms with E-state index in [0.29, 0.717) is 6.54 Å². The lowest BCUT2D eigenvalue weighted by molar-refractivity contribution is -0.141. The van der Waals surface area contributed by atoms with Crippen LogP contribution < -0.4 is 5.32 Å². The number of carboxylic acids is 1. The number of urea groups is 1. The molecule has 5 heteroatoms. The molecule has 0 radical (unpaired) electrons. The number of nitrogens with zero attached hydrogens (tertiary/aromatic N) is 1. The lowest BCUT2D eigenvalue weighted by Gasteiger charge is -2.24. The van der Waals surface area contributed by atoms with Crippen molar-refractivity contribution in [3.8, 4) is 12.3 Å². The Labute approximate surface area is 95.8 Å². The second kappa shape index (κ2) is 6.72. The highest BCUT2D eigenvalue weighted by Crippen LogP contribution is 2.01. The van der Waals surface area contributed by atoms with Crippen LogP contribution in [0.2, 0.25) is 0 Å². The normalized spacial score (nSPS) is 13.4. The summed E-state index contributed by atoms with van der Waals surface area (Å²) >= 11 is 0. The van der Waals surface area contributed by atoms with Crippen LogP contribution in [0.3, 0.4) is 0 Å². The molecule has 0 heterocycles. The first kappa shape index (κ1) is 14.3. The van der Waals surface area contributed by atoms with Crippen LogP contribution >= 0.6 is 0 Å². The Morgan fingerprint density at radius 2 is 2.06 bits per heavy atom. The molecule has 0 aromatic heterocycles. The fourth-order valence-corrected chi connectivity index (χ4v) is 1.08. The largest absolute Gasteiger partial charge is 0.481 e. The van der Waals surface area contributed by atoms with Gasteiger partial charge in [-0.3, -0.25) is 4.79 Å². The maximum atomic E-state index is 11.6. The average molecular weight is 226 g/mol. The van der Waals surface area contributed by atoms with E-state index in [4.69, 9.17) is 11.5 Å². The van der Waals surface area contributed by atoms with E-state index in [0.717, 1.165) is 0 Å². The lowest BCUT2D eigenvalue weighted by Crippen LogP contribution is -2.45. The third-order valence-electron chi connectivity index (χ3n) is 2.17. The molecule has 0 rings (SSSR count). The summed E-state index contributed by atoms with van der Waals surface area (Å²) in [6, 6.07) is -0.692. The van der Waals surface area contributed by atoms with Crippen LogP contribution in [0.5, 0.6) is 0 Å². The van der Waals surface area contributed by atoms with Gasteiger partial charge in [0.05, 0.1) is 12.0 Å². The Balaban J connectivity index is 4.34. The number of carbonyl (C=O) groups is 2. The van der Waals surface area contributed by atoms with Crippen molar-refractivity contribution in [3.05, 3.63) is 0 Å². The number of carboxylic acid groups (broad SMARTS) is 1. The van der Waals surface area contributed by atoms with E-state index < -0.39 is 11.9 Å². The van der Waals surface area contributed by atoms with E-state index >= 15 is 0 Å². The third-order valence-corrected chi connectivity index (χ3v) is 2.17. The first-order valence-corrected chi connectivity index (χ1v) is 5.16. The summed E-state index contributed by atoms with van der Waals surface area (Å²) in [6.45, 7) is 5.65. The number of hydrogen-bond acceptors (Lipinski definition) is 2. The van der Waals surface area contributed by atoms with Gasteiger partial charge in [0.1, 0.15) is 0 Å². The van der Waals surface area contributed by atoms with Gasteiger partial charge in [-0.25, -0.2) is 4.79 Å². The van der Waals surface area contributed by atoms with Gasteiger partial charge in [-0.2, -0.15) is 0 Å². The van der Waals surface area contributed by atoms with Crippen molar-refractivity contribution in [1.82, 2.24) is 10.2 Å². The van der Waals surface area contributed by atoms with Crippen molar-refractivity contribution in [2.45, 2.75) is 26.8 Å². The van der Waals surface area contributed by atoms with Gasteiger partial charge in [0.15, 0.2) is 0 Å². The quantitative estimate of drug-likeness (QED) is 0.680. The first-order chi connectivity index (χ1) is 7.42. The Hall–Kier alpha value is -1.70.